The Morgan fingerprint density at radius 3 is 0.667 bits per heavy atom. The third-order valence-corrected chi connectivity index (χ3v) is 0. The molecule has 0 rings (SSSR count). The fourth-order valence-corrected chi connectivity index (χ4v) is 0. The van der Waals surface area contributed by atoms with E-state index in [1.54, 1.807) is 0 Å². The lowest BCUT2D eigenvalue weighted by Gasteiger charge is -0.947. The van der Waals surface area contributed by atoms with E-state index in [0.29, 0.717) is 0 Å². The molecule has 0 fully saturated rings. The Bertz CT molecular complexity index is 70.6. The van der Waals surface area contributed by atoms with Crippen LogP contribution in [0.15, 0.2) is 0 Å². The molecule has 9 heavy (non-hydrogen) atoms. The predicted molar refractivity (Wildman–Crippen MR) is 27.9 cm³/mol. The normalized spacial score (nSPS) is 2.67. The molecule has 0 amide bonds. The maximum absolute atomic E-state index is 8.29. The van der Waals surface area contributed by atoms with E-state index in [1.807, 2.05) is 0 Å². The highest BCUT2D eigenvalue weighted by Crippen LogP contribution is 0.849. The van der Waals surface area contributed by atoms with Crippen molar-refractivity contribution in [2.24, 2.45) is 0 Å². The second-order valence-electron chi connectivity index (χ2n) is 0.136. The highest BCUT2D eigenvalue weighted by atomic mass is 32.1. The monoisotopic (exact) mass is 185 g/mol. The summed E-state index contributed by atoms with van der Waals surface area (Å²) in [6.07, 6.45) is 0. The van der Waals surface area contributed by atoms with Crippen LogP contribution in [0.1, 0.15) is 0 Å². The SMILES string of the molecule is F.F.N.O=S=O.O=S=O. The summed E-state index contributed by atoms with van der Waals surface area (Å²) in [5, 5.41) is 0. The molecule has 9 heteroatoms. The first-order chi connectivity index (χ1) is 2.83. The van der Waals surface area contributed by atoms with Gasteiger partial charge in [0.25, 0.3) is 0 Å². The molecule has 0 radical (unpaired) electrons. The van der Waals surface area contributed by atoms with Crippen molar-refractivity contribution in [2.75, 3.05) is 0 Å². The Labute approximate surface area is 56.4 Å². The van der Waals surface area contributed by atoms with Gasteiger partial charge in [-0.25, -0.2) is 0 Å². The fraction of sp³-hybridized carbons (Fsp3) is 0. The van der Waals surface area contributed by atoms with E-state index in [4.69, 9.17) is 16.8 Å². The van der Waals surface area contributed by atoms with E-state index in [2.05, 4.69) is 0 Å². The van der Waals surface area contributed by atoms with Crippen molar-refractivity contribution >= 4 is 23.1 Å². The highest BCUT2D eigenvalue weighted by molar-refractivity contribution is 7.51. The highest BCUT2D eigenvalue weighted by Gasteiger charge is 1.12. The predicted octanol–water partition coefficient (Wildman–Crippen LogP) is -0.873. The molecule has 0 atom stereocenters. The molecule has 0 aromatic carbocycles. The summed E-state index contributed by atoms with van der Waals surface area (Å²) >= 11 is -1.50. The van der Waals surface area contributed by atoms with Gasteiger partial charge in [0.05, 0.1) is 0 Å². The van der Waals surface area contributed by atoms with Gasteiger partial charge >= 0.3 is 23.1 Å². The quantitative estimate of drug-likeness (QED) is 0.528. The molecule has 0 unspecified atom stereocenters. The van der Waals surface area contributed by atoms with E-state index in [-0.39, 0.29) is 15.6 Å². The standard InChI is InChI=1S/2FH.H3N.2O2S/c;;;2*1-3-2/h2*1H;1H3;;. The van der Waals surface area contributed by atoms with Crippen molar-refractivity contribution in [3.05, 3.63) is 0 Å². The van der Waals surface area contributed by atoms with Gasteiger partial charge in [-0.15, -0.1) is 0 Å². The first-order valence-corrected chi connectivity index (χ1v) is 2.00. The lowest BCUT2D eigenvalue weighted by molar-refractivity contribution is 0.628. The molecule has 0 heterocycles. The van der Waals surface area contributed by atoms with E-state index < -0.39 is 23.1 Å². The summed E-state index contributed by atoms with van der Waals surface area (Å²) in [4.78, 5) is 0. The van der Waals surface area contributed by atoms with Gasteiger partial charge in [0.1, 0.15) is 0 Å². The van der Waals surface area contributed by atoms with Gasteiger partial charge in [0.15, 0.2) is 0 Å². The first kappa shape index (κ1) is 39.3. The van der Waals surface area contributed by atoms with Crippen molar-refractivity contribution in [3.63, 3.8) is 0 Å². The van der Waals surface area contributed by atoms with Crippen LogP contribution in [0.2, 0.25) is 0 Å². The molecule has 0 bridgehead atoms. The maximum Gasteiger partial charge on any atom is 0.335 e. The Morgan fingerprint density at radius 2 is 0.667 bits per heavy atom. The molecule has 0 aliphatic carbocycles. The van der Waals surface area contributed by atoms with Gasteiger partial charge in [0.2, 0.25) is 0 Å². The van der Waals surface area contributed by atoms with Crippen molar-refractivity contribution in [2.45, 2.75) is 0 Å². The Hall–Kier alpha value is -0.540. The maximum atomic E-state index is 8.29. The third kappa shape index (κ3) is 763. The van der Waals surface area contributed by atoms with Crippen molar-refractivity contribution < 1.29 is 26.2 Å². The molecule has 0 aromatic rings. The molecule has 0 saturated heterocycles. The van der Waals surface area contributed by atoms with Crippen LogP contribution in [0.3, 0.4) is 0 Å². The minimum absolute atomic E-state index is 0. The van der Waals surface area contributed by atoms with Gasteiger partial charge in [0, 0.05) is 0 Å². The summed E-state index contributed by atoms with van der Waals surface area (Å²) in [6, 6.07) is 0. The van der Waals surface area contributed by atoms with Crippen molar-refractivity contribution in [1.82, 2.24) is 6.15 Å². The minimum Gasteiger partial charge on any atom is -0.344 e. The molecule has 3 N–H and O–H groups in total. The molecule has 0 spiro atoms. The summed E-state index contributed by atoms with van der Waals surface area (Å²) < 4.78 is 33.2. The van der Waals surface area contributed by atoms with Crippen molar-refractivity contribution in [3.8, 4) is 0 Å². The Balaban J connectivity index is -0.00000000889. The summed E-state index contributed by atoms with van der Waals surface area (Å²) in [7, 11) is 0. The zero-order chi connectivity index (χ0) is 5.41. The topological polar surface area (TPSA) is 103 Å². The van der Waals surface area contributed by atoms with Gasteiger partial charge in [-0.1, -0.05) is 0 Å². The van der Waals surface area contributed by atoms with Gasteiger partial charge in [-0.05, 0) is 0 Å². The average molecular weight is 185 g/mol. The minimum atomic E-state index is -0.750. The van der Waals surface area contributed by atoms with Crippen LogP contribution in [-0.4, -0.2) is 16.8 Å². The average Bonchev–Trinajstić information content (AvgIpc) is 1.39. The van der Waals surface area contributed by atoms with Gasteiger partial charge < -0.3 is 6.15 Å². The summed E-state index contributed by atoms with van der Waals surface area (Å²) in [5.74, 6) is 0. The Morgan fingerprint density at radius 1 is 0.667 bits per heavy atom. The van der Waals surface area contributed by atoms with Crippen LogP contribution < -0.4 is 6.15 Å². The molecule has 0 saturated carbocycles. The summed E-state index contributed by atoms with van der Waals surface area (Å²) in [6.45, 7) is 0. The van der Waals surface area contributed by atoms with Gasteiger partial charge in [-0.3, -0.25) is 9.41 Å². The van der Waals surface area contributed by atoms with Gasteiger partial charge in [-0.2, -0.15) is 16.8 Å². The van der Waals surface area contributed by atoms with E-state index >= 15 is 0 Å². The zero-order valence-electron chi connectivity index (χ0n) is 3.97. The number of halogens is 2. The molecule has 0 aliphatic rings. The second-order valence-corrected chi connectivity index (χ2v) is 0.408. The second kappa shape index (κ2) is 146. The smallest absolute Gasteiger partial charge is 0.335 e. The number of hydrogen-bond acceptors (Lipinski definition) is 5. The van der Waals surface area contributed by atoms with Crippen LogP contribution in [0, 0.1) is 0 Å². The van der Waals surface area contributed by atoms with E-state index in [1.165, 1.54) is 0 Å². The van der Waals surface area contributed by atoms with Crippen LogP contribution >= 0.6 is 0 Å². The van der Waals surface area contributed by atoms with Crippen LogP contribution in [-0.2, 0) is 23.1 Å². The molecule has 0 aromatic heterocycles. The largest absolute Gasteiger partial charge is 0.344 e. The molecule has 5 nitrogen and oxygen atoms in total. The third-order valence-electron chi connectivity index (χ3n) is 0. The Kier molecular flexibility index (Phi) is 638. The molecular weight excluding hydrogens is 180 g/mol. The summed E-state index contributed by atoms with van der Waals surface area (Å²) in [5.41, 5.74) is 0. The molecule has 60 valence electrons. The van der Waals surface area contributed by atoms with Crippen LogP contribution in [0.25, 0.3) is 0 Å². The fourth-order valence-electron chi connectivity index (χ4n) is 0. The molecule has 0 aliphatic heterocycles. The van der Waals surface area contributed by atoms with Crippen LogP contribution in [0.5, 0.6) is 0 Å². The lowest BCUT2D eigenvalue weighted by Crippen LogP contribution is -1.18. The van der Waals surface area contributed by atoms with E-state index in [9.17, 15) is 0 Å². The van der Waals surface area contributed by atoms with Crippen molar-refractivity contribution in [1.29, 1.82) is 0 Å². The van der Waals surface area contributed by atoms with Crippen LogP contribution in [0.4, 0.5) is 9.41 Å². The first-order valence-electron chi connectivity index (χ1n) is 0.667. The lowest BCUT2D eigenvalue weighted by atomic mass is 14.0. The van der Waals surface area contributed by atoms with E-state index in [0.717, 1.165) is 0 Å². The molecular formula is H5F2NO4S2. The zero-order valence-corrected chi connectivity index (χ0v) is 5.61. The number of hydrogen-bond donors (Lipinski definition) is 1. The number of rotatable bonds is 0.